The first-order valence-electron chi connectivity index (χ1n) is 12.3. The number of ether oxygens (including phenoxy) is 2. The Labute approximate surface area is 223 Å². The maximum Gasteiger partial charge on any atom is 0.338 e. The largest absolute Gasteiger partial charge is 0.497 e. The molecule has 0 fully saturated rings. The summed E-state index contributed by atoms with van der Waals surface area (Å²) in [6.45, 7) is 7.67. The van der Waals surface area contributed by atoms with E-state index in [1.54, 1.807) is 25.5 Å². The molecule has 0 aliphatic carbocycles. The highest BCUT2D eigenvalue weighted by atomic mass is 32.1. The molecule has 0 spiro atoms. The number of aromatic nitrogens is 3. The van der Waals surface area contributed by atoms with Gasteiger partial charge in [-0.3, -0.25) is 9.36 Å². The third-order valence-corrected chi connectivity index (χ3v) is 7.55. The molecule has 5 rings (SSSR count). The van der Waals surface area contributed by atoms with Crippen LogP contribution in [0.4, 0.5) is 0 Å². The Morgan fingerprint density at radius 2 is 1.79 bits per heavy atom. The number of aryl methyl sites for hydroxylation is 1. The highest BCUT2D eigenvalue weighted by molar-refractivity contribution is 7.07. The smallest absolute Gasteiger partial charge is 0.338 e. The molecule has 2 aromatic heterocycles. The van der Waals surface area contributed by atoms with Gasteiger partial charge in [-0.15, -0.1) is 0 Å². The fraction of sp³-hybridized carbons (Fsp3) is 0.241. The van der Waals surface area contributed by atoms with Gasteiger partial charge in [0.2, 0.25) is 0 Å². The van der Waals surface area contributed by atoms with Crippen LogP contribution in [-0.4, -0.2) is 34.0 Å². The van der Waals surface area contributed by atoms with Gasteiger partial charge in [0.25, 0.3) is 5.56 Å². The molecule has 0 saturated heterocycles. The Hall–Kier alpha value is -4.24. The van der Waals surface area contributed by atoms with Gasteiger partial charge in [0, 0.05) is 11.3 Å². The van der Waals surface area contributed by atoms with Gasteiger partial charge in [-0.2, -0.15) is 5.10 Å². The van der Waals surface area contributed by atoms with Crippen LogP contribution in [0.15, 0.2) is 75.7 Å². The topological polar surface area (TPSA) is 87.7 Å². The number of rotatable bonds is 6. The molecular weight excluding hydrogens is 500 g/mol. The minimum Gasteiger partial charge on any atom is -0.497 e. The van der Waals surface area contributed by atoms with Crippen LogP contribution in [0.3, 0.4) is 0 Å². The van der Waals surface area contributed by atoms with Crippen molar-refractivity contribution in [3.63, 3.8) is 0 Å². The summed E-state index contributed by atoms with van der Waals surface area (Å²) < 4.78 is 14.7. The lowest BCUT2D eigenvalue weighted by atomic mass is 9.96. The van der Waals surface area contributed by atoms with Crippen molar-refractivity contribution in [2.75, 3.05) is 13.7 Å². The molecule has 1 aliphatic rings. The zero-order valence-electron chi connectivity index (χ0n) is 21.9. The van der Waals surface area contributed by atoms with Gasteiger partial charge in [0.1, 0.15) is 5.75 Å². The second kappa shape index (κ2) is 10.3. The van der Waals surface area contributed by atoms with Crippen molar-refractivity contribution in [3.8, 4) is 11.4 Å². The quantitative estimate of drug-likeness (QED) is 0.357. The standard InChI is InChI=1S/C29H28N4O4S/c1-6-37-28(35)25-18(3)30-29-32(26(25)20-12-14-22(36-5)15-13-20)27(34)24(38-29)16-23-17(2)31-33(19(23)4)21-10-8-7-9-11-21/h7-16,26H,6H2,1-5H3/b24-16-. The maximum absolute atomic E-state index is 13.9. The molecule has 38 heavy (non-hydrogen) atoms. The van der Waals surface area contributed by atoms with Crippen LogP contribution in [-0.2, 0) is 9.53 Å². The number of allylic oxidation sites excluding steroid dienone is 1. The molecule has 0 radical (unpaired) electrons. The predicted molar refractivity (Wildman–Crippen MR) is 146 cm³/mol. The summed E-state index contributed by atoms with van der Waals surface area (Å²) in [4.78, 5) is 32.2. The van der Waals surface area contributed by atoms with Crippen molar-refractivity contribution in [2.45, 2.75) is 33.7 Å². The number of fused-ring (bicyclic) bond motifs is 1. The Bertz CT molecular complexity index is 1730. The van der Waals surface area contributed by atoms with Gasteiger partial charge in [-0.1, -0.05) is 41.7 Å². The Morgan fingerprint density at radius 3 is 2.45 bits per heavy atom. The van der Waals surface area contributed by atoms with Gasteiger partial charge in [-0.25, -0.2) is 14.5 Å². The monoisotopic (exact) mass is 528 g/mol. The molecule has 0 bridgehead atoms. The summed E-state index contributed by atoms with van der Waals surface area (Å²) in [5.74, 6) is 0.195. The zero-order valence-corrected chi connectivity index (χ0v) is 22.7. The van der Waals surface area contributed by atoms with E-state index in [2.05, 4.69) is 4.99 Å². The lowest BCUT2D eigenvalue weighted by Gasteiger charge is -2.24. The van der Waals surface area contributed by atoms with Crippen molar-refractivity contribution in [1.82, 2.24) is 14.3 Å². The van der Waals surface area contributed by atoms with Gasteiger partial charge in [0.05, 0.1) is 46.9 Å². The summed E-state index contributed by atoms with van der Waals surface area (Å²) in [5, 5.41) is 4.71. The molecule has 8 nitrogen and oxygen atoms in total. The van der Waals surface area contributed by atoms with Crippen molar-refractivity contribution < 1.29 is 14.3 Å². The van der Waals surface area contributed by atoms with Crippen molar-refractivity contribution >= 4 is 23.4 Å². The van der Waals surface area contributed by atoms with E-state index in [1.807, 2.05) is 79.2 Å². The Morgan fingerprint density at radius 1 is 1.08 bits per heavy atom. The van der Waals surface area contributed by atoms with Crippen molar-refractivity contribution in [2.24, 2.45) is 4.99 Å². The number of carbonyl (C=O) groups is 1. The molecule has 2 aromatic carbocycles. The second-order valence-electron chi connectivity index (χ2n) is 8.91. The fourth-order valence-electron chi connectivity index (χ4n) is 4.71. The zero-order chi connectivity index (χ0) is 27.0. The summed E-state index contributed by atoms with van der Waals surface area (Å²) in [7, 11) is 1.59. The highest BCUT2D eigenvalue weighted by Gasteiger charge is 2.33. The molecule has 1 unspecified atom stereocenters. The van der Waals surface area contributed by atoms with Gasteiger partial charge in [0.15, 0.2) is 4.80 Å². The van der Waals surface area contributed by atoms with E-state index in [1.165, 1.54) is 11.3 Å². The van der Waals surface area contributed by atoms with E-state index >= 15 is 0 Å². The molecule has 0 saturated carbocycles. The number of hydrogen-bond acceptors (Lipinski definition) is 7. The molecule has 0 amide bonds. The van der Waals surface area contributed by atoms with Crippen LogP contribution in [0.1, 0.15) is 42.4 Å². The van der Waals surface area contributed by atoms with E-state index in [-0.39, 0.29) is 12.2 Å². The number of benzene rings is 2. The van der Waals surface area contributed by atoms with Crippen LogP contribution < -0.4 is 19.6 Å². The summed E-state index contributed by atoms with van der Waals surface area (Å²) >= 11 is 1.30. The van der Waals surface area contributed by atoms with Crippen LogP contribution in [0.25, 0.3) is 11.8 Å². The number of carbonyl (C=O) groups excluding carboxylic acids is 1. The number of nitrogens with zero attached hydrogens (tertiary/aromatic N) is 4. The Kier molecular flexibility index (Phi) is 6.86. The minimum atomic E-state index is -0.674. The molecule has 1 aliphatic heterocycles. The normalized spacial score (nSPS) is 15.3. The Balaban J connectivity index is 1.70. The number of esters is 1. The van der Waals surface area contributed by atoms with Crippen molar-refractivity contribution in [1.29, 1.82) is 0 Å². The number of methoxy groups -OCH3 is 1. The maximum atomic E-state index is 13.9. The third kappa shape index (κ3) is 4.39. The first kappa shape index (κ1) is 25.4. The molecule has 194 valence electrons. The molecule has 1 atom stereocenters. The predicted octanol–water partition coefficient (Wildman–Crippen LogP) is 3.61. The summed E-state index contributed by atoms with van der Waals surface area (Å²) in [6, 6.07) is 16.5. The lowest BCUT2D eigenvalue weighted by Crippen LogP contribution is -2.39. The van der Waals surface area contributed by atoms with Crippen molar-refractivity contribution in [3.05, 3.63) is 108 Å². The molecule has 0 N–H and O–H groups in total. The lowest BCUT2D eigenvalue weighted by molar-refractivity contribution is -0.139. The second-order valence-corrected chi connectivity index (χ2v) is 9.92. The minimum absolute atomic E-state index is 0.222. The van der Waals surface area contributed by atoms with E-state index in [9.17, 15) is 9.59 Å². The van der Waals surface area contributed by atoms with Crippen LogP contribution in [0, 0.1) is 13.8 Å². The van der Waals surface area contributed by atoms with E-state index in [4.69, 9.17) is 14.6 Å². The van der Waals surface area contributed by atoms with Crippen LogP contribution >= 0.6 is 11.3 Å². The summed E-state index contributed by atoms with van der Waals surface area (Å²) in [6.07, 6.45) is 1.87. The summed E-state index contributed by atoms with van der Waals surface area (Å²) in [5.41, 5.74) is 4.98. The highest BCUT2D eigenvalue weighted by Crippen LogP contribution is 2.31. The average Bonchev–Trinajstić information content (AvgIpc) is 3.38. The van der Waals surface area contributed by atoms with E-state index in [0.717, 1.165) is 28.2 Å². The van der Waals surface area contributed by atoms with Gasteiger partial charge in [-0.05, 0) is 63.6 Å². The van der Waals surface area contributed by atoms with E-state index in [0.29, 0.717) is 26.4 Å². The number of para-hydroxylation sites is 1. The molecule has 4 aromatic rings. The fourth-order valence-corrected chi connectivity index (χ4v) is 5.74. The number of hydrogen-bond donors (Lipinski definition) is 0. The van der Waals surface area contributed by atoms with Gasteiger partial charge >= 0.3 is 5.97 Å². The molecule has 9 heteroatoms. The van der Waals surface area contributed by atoms with Gasteiger partial charge < -0.3 is 9.47 Å². The van der Waals surface area contributed by atoms with Crippen LogP contribution in [0.2, 0.25) is 0 Å². The van der Waals surface area contributed by atoms with Crippen LogP contribution in [0.5, 0.6) is 5.75 Å². The average molecular weight is 529 g/mol. The first-order valence-corrected chi connectivity index (χ1v) is 13.1. The SMILES string of the molecule is CCOC(=O)C1=C(C)N=c2s/c(=C\c3c(C)nn(-c4ccccc4)c3C)c(=O)n2C1c1ccc(OC)cc1. The molecule has 3 heterocycles. The molecular formula is C29H28N4O4S. The number of thiazole rings is 1. The van der Waals surface area contributed by atoms with E-state index < -0.39 is 12.0 Å². The third-order valence-electron chi connectivity index (χ3n) is 6.57. The first-order chi connectivity index (χ1) is 18.3.